The Labute approximate surface area is 106 Å². The van der Waals surface area contributed by atoms with Gasteiger partial charge in [0.05, 0.1) is 5.41 Å². The van der Waals surface area contributed by atoms with E-state index in [1.54, 1.807) is 20.9 Å². The maximum atomic E-state index is 13.4. The van der Waals surface area contributed by atoms with Gasteiger partial charge in [0.25, 0.3) is 0 Å². The minimum Gasteiger partial charge on any atom is -0.341 e. The summed E-state index contributed by atoms with van der Waals surface area (Å²) in [6.45, 7) is 3.65. The van der Waals surface area contributed by atoms with Gasteiger partial charge in [0.1, 0.15) is 11.6 Å². The van der Waals surface area contributed by atoms with Gasteiger partial charge in [-0.3, -0.25) is 4.79 Å². The smallest absolute Gasteiger partial charge is 0.229 e. The topological polar surface area (TPSA) is 46.3 Å². The van der Waals surface area contributed by atoms with Crippen LogP contribution in [0.3, 0.4) is 0 Å². The highest BCUT2D eigenvalue weighted by Gasteiger charge is 2.29. The molecule has 2 N–H and O–H groups in total. The van der Waals surface area contributed by atoms with Crippen molar-refractivity contribution in [3.05, 3.63) is 35.4 Å². The van der Waals surface area contributed by atoms with Gasteiger partial charge in [-0.25, -0.2) is 8.78 Å². The quantitative estimate of drug-likeness (QED) is 0.894. The maximum Gasteiger partial charge on any atom is 0.229 e. The van der Waals surface area contributed by atoms with Crippen molar-refractivity contribution in [2.24, 2.45) is 11.1 Å². The summed E-state index contributed by atoms with van der Waals surface area (Å²) < 4.78 is 26.5. The first kappa shape index (κ1) is 14.6. The van der Waals surface area contributed by atoms with Crippen LogP contribution in [-0.2, 0) is 11.3 Å². The average molecular weight is 256 g/mol. The summed E-state index contributed by atoms with van der Waals surface area (Å²) >= 11 is 0. The predicted molar refractivity (Wildman–Crippen MR) is 65.7 cm³/mol. The van der Waals surface area contributed by atoms with E-state index in [2.05, 4.69) is 0 Å². The summed E-state index contributed by atoms with van der Waals surface area (Å²) in [5.41, 5.74) is 4.95. The van der Waals surface area contributed by atoms with Crippen LogP contribution in [0.25, 0.3) is 0 Å². The number of hydrogen-bond acceptors (Lipinski definition) is 2. The van der Waals surface area contributed by atoms with Crippen LogP contribution in [0.15, 0.2) is 18.2 Å². The molecule has 0 aliphatic carbocycles. The molecule has 0 aliphatic heterocycles. The number of nitrogens with two attached hydrogens (primary N) is 1. The number of nitrogens with zero attached hydrogens (tertiary/aromatic N) is 1. The van der Waals surface area contributed by atoms with Crippen LogP contribution < -0.4 is 5.73 Å². The molecule has 0 fully saturated rings. The first-order chi connectivity index (χ1) is 8.27. The number of rotatable bonds is 4. The molecule has 0 heterocycles. The van der Waals surface area contributed by atoms with Crippen molar-refractivity contribution in [3.8, 4) is 0 Å². The molecule has 1 aromatic rings. The fraction of sp³-hybridized carbons (Fsp3) is 0.462. The summed E-state index contributed by atoms with van der Waals surface area (Å²) in [5.74, 6) is -1.25. The fourth-order valence-corrected chi connectivity index (χ4v) is 1.60. The highest BCUT2D eigenvalue weighted by molar-refractivity contribution is 5.81. The van der Waals surface area contributed by atoms with Crippen LogP contribution in [0, 0.1) is 17.0 Å². The summed E-state index contributed by atoms with van der Waals surface area (Å²) in [5, 5.41) is 0. The standard InChI is InChI=1S/C13H18F2N2O/c1-13(2,8-16)12(18)17(3)7-9-6-10(14)4-5-11(9)15/h4-6H,7-8,16H2,1-3H3. The second kappa shape index (κ2) is 5.44. The first-order valence-corrected chi connectivity index (χ1v) is 5.67. The van der Waals surface area contributed by atoms with Crippen molar-refractivity contribution >= 4 is 5.91 Å². The molecule has 0 aromatic heterocycles. The van der Waals surface area contributed by atoms with E-state index in [1.807, 2.05) is 0 Å². The molecule has 18 heavy (non-hydrogen) atoms. The van der Waals surface area contributed by atoms with Gasteiger partial charge in [0.2, 0.25) is 5.91 Å². The van der Waals surface area contributed by atoms with E-state index in [0.29, 0.717) is 0 Å². The van der Waals surface area contributed by atoms with E-state index in [1.165, 1.54) is 4.90 Å². The lowest BCUT2D eigenvalue weighted by Crippen LogP contribution is -2.42. The Morgan fingerprint density at radius 2 is 2.00 bits per heavy atom. The van der Waals surface area contributed by atoms with E-state index in [4.69, 9.17) is 5.73 Å². The molecule has 0 atom stereocenters. The normalized spacial score (nSPS) is 11.4. The summed E-state index contributed by atoms with van der Waals surface area (Å²) in [7, 11) is 1.55. The molecule has 1 aromatic carbocycles. The van der Waals surface area contributed by atoms with Gasteiger partial charge in [0, 0.05) is 25.7 Å². The van der Waals surface area contributed by atoms with Crippen molar-refractivity contribution in [2.75, 3.05) is 13.6 Å². The van der Waals surface area contributed by atoms with E-state index in [-0.39, 0.29) is 24.6 Å². The molecular weight excluding hydrogens is 238 g/mol. The zero-order chi connectivity index (χ0) is 13.9. The third-order valence-electron chi connectivity index (χ3n) is 2.85. The van der Waals surface area contributed by atoms with Gasteiger partial charge in [-0.05, 0) is 32.0 Å². The molecule has 5 heteroatoms. The monoisotopic (exact) mass is 256 g/mol. The number of carbonyl (C=O) groups excluding carboxylic acids is 1. The molecule has 1 amide bonds. The van der Waals surface area contributed by atoms with Crippen molar-refractivity contribution in [1.82, 2.24) is 4.90 Å². The van der Waals surface area contributed by atoms with E-state index in [0.717, 1.165) is 18.2 Å². The Bertz CT molecular complexity index is 447. The van der Waals surface area contributed by atoms with E-state index >= 15 is 0 Å². The van der Waals surface area contributed by atoms with Crippen LogP contribution in [0.5, 0.6) is 0 Å². The zero-order valence-corrected chi connectivity index (χ0v) is 10.8. The SMILES string of the molecule is CN(Cc1cc(F)ccc1F)C(=O)C(C)(C)CN. The van der Waals surface area contributed by atoms with Crippen LogP contribution in [0.2, 0.25) is 0 Å². The van der Waals surface area contributed by atoms with Crippen LogP contribution >= 0.6 is 0 Å². The molecule has 0 aliphatic rings. The molecule has 0 bridgehead atoms. The Balaban J connectivity index is 2.85. The molecule has 0 saturated carbocycles. The lowest BCUT2D eigenvalue weighted by Gasteiger charge is -2.28. The first-order valence-electron chi connectivity index (χ1n) is 5.67. The Morgan fingerprint density at radius 3 is 2.56 bits per heavy atom. The van der Waals surface area contributed by atoms with Crippen molar-refractivity contribution < 1.29 is 13.6 Å². The third kappa shape index (κ3) is 3.26. The minimum atomic E-state index is -0.710. The number of halogens is 2. The molecule has 3 nitrogen and oxygen atoms in total. The zero-order valence-electron chi connectivity index (χ0n) is 10.8. The van der Waals surface area contributed by atoms with Gasteiger partial charge in [-0.15, -0.1) is 0 Å². The number of carbonyl (C=O) groups is 1. The lowest BCUT2D eigenvalue weighted by molar-refractivity contribution is -0.139. The third-order valence-corrected chi connectivity index (χ3v) is 2.85. The van der Waals surface area contributed by atoms with Gasteiger partial charge >= 0.3 is 0 Å². The number of hydrogen-bond donors (Lipinski definition) is 1. The number of amides is 1. The number of benzene rings is 1. The molecule has 100 valence electrons. The molecule has 0 radical (unpaired) electrons. The van der Waals surface area contributed by atoms with Crippen LogP contribution in [0.1, 0.15) is 19.4 Å². The Morgan fingerprint density at radius 1 is 1.39 bits per heavy atom. The van der Waals surface area contributed by atoms with Crippen molar-refractivity contribution in [1.29, 1.82) is 0 Å². The fourth-order valence-electron chi connectivity index (χ4n) is 1.60. The maximum absolute atomic E-state index is 13.4. The largest absolute Gasteiger partial charge is 0.341 e. The Hall–Kier alpha value is -1.49. The summed E-state index contributed by atoms with van der Waals surface area (Å²) in [6, 6.07) is 3.19. The second-order valence-corrected chi connectivity index (χ2v) is 4.98. The van der Waals surface area contributed by atoms with Crippen LogP contribution in [-0.4, -0.2) is 24.4 Å². The molecule has 0 unspecified atom stereocenters. The van der Waals surface area contributed by atoms with Gasteiger partial charge in [-0.2, -0.15) is 0 Å². The highest BCUT2D eigenvalue weighted by atomic mass is 19.1. The summed E-state index contributed by atoms with van der Waals surface area (Å²) in [6.07, 6.45) is 0. The van der Waals surface area contributed by atoms with Crippen LogP contribution in [0.4, 0.5) is 8.78 Å². The van der Waals surface area contributed by atoms with E-state index < -0.39 is 17.0 Å². The Kier molecular flexibility index (Phi) is 4.40. The van der Waals surface area contributed by atoms with Gasteiger partial charge in [0.15, 0.2) is 0 Å². The molecule has 0 saturated heterocycles. The van der Waals surface area contributed by atoms with E-state index in [9.17, 15) is 13.6 Å². The lowest BCUT2D eigenvalue weighted by atomic mass is 9.92. The average Bonchev–Trinajstić information content (AvgIpc) is 2.32. The molecular formula is C13H18F2N2O. The predicted octanol–water partition coefficient (Wildman–Crippen LogP) is 1.91. The van der Waals surface area contributed by atoms with Gasteiger partial charge in [-0.1, -0.05) is 0 Å². The molecule has 0 spiro atoms. The van der Waals surface area contributed by atoms with Gasteiger partial charge < -0.3 is 10.6 Å². The summed E-state index contributed by atoms with van der Waals surface area (Å²) in [4.78, 5) is 13.4. The minimum absolute atomic E-state index is 0.0197. The second-order valence-electron chi connectivity index (χ2n) is 4.98. The van der Waals surface area contributed by atoms with Crippen molar-refractivity contribution in [2.45, 2.75) is 20.4 Å². The molecule has 1 rings (SSSR count). The highest BCUT2D eigenvalue weighted by Crippen LogP contribution is 2.19. The van der Waals surface area contributed by atoms with Crippen molar-refractivity contribution in [3.63, 3.8) is 0 Å².